The van der Waals surface area contributed by atoms with Gasteiger partial charge < -0.3 is 25.0 Å². The highest BCUT2D eigenvalue weighted by Crippen LogP contribution is 2.40. The highest BCUT2D eigenvalue weighted by atomic mass is 35.5. The van der Waals surface area contributed by atoms with Crippen LogP contribution in [0, 0.1) is 0 Å². The molecule has 2 aromatic rings. The van der Waals surface area contributed by atoms with Crippen molar-refractivity contribution < 1.29 is 37.7 Å². The van der Waals surface area contributed by atoms with Crippen LogP contribution in [-0.4, -0.2) is 34.6 Å². The first-order valence-electron chi connectivity index (χ1n) is 10.6. The Morgan fingerprint density at radius 1 is 1.09 bits per heavy atom. The normalized spacial score (nSPS) is 14.8. The van der Waals surface area contributed by atoms with Gasteiger partial charge >= 0.3 is 12.3 Å². The Kier molecular flexibility index (Phi) is 8.85. The zero-order valence-electron chi connectivity index (χ0n) is 19.4. The van der Waals surface area contributed by atoms with Crippen molar-refractivity contribution in [2.75, 3.05) is 6.61 Å². The lowest BCUT2D eigenvalue weighted by atomic mass is 9.85. The van der Waals surface area contributed by atoms with Gasteiger partial charge in [-0.3, -0.25) is 0 Å². The SMILES string of the molecule is CC(C)(C)OC(=O)NC(C)(CC(O)CCO)c1ccc(Oc2ccccc2C(F)(F)F)cc1Cl. The molecule has 3 N–H and O–H groups in total. The van der Waals surface area contributed by atoms with Crippen molar-refractivity contribution in [3.05, 3.63) is 58.6 Å². The van der Waals surface area contributed by atoms with Gasteiger partial charge in [-0.25, -0.2) is 4.79 Å². The average Bonchev–Trinajstić information content (AvgIpc) is 2.65. The molecule has 0 heterocycles. The fourth-order valence-corrected chi connectivity index (χ4v) is 3.78. The van der Waals surface area contributed by atoms with Crippen LogP contribution in [0.3, 0.4) is 0 Å². The zero-order chi connectivity index (χ0) is 25.7. The number of nitrogens with one attached hydrogen (secondary N) is 1. The van der Waals surface area contributed by atoms with E-state index in [0.29, 0.717) is 5.56 Å². The molecule has 2 aromatic carbocycles. The van der Waals surface area contributed by atoms with E-state index >= 15 is 0 Å². The smallest absolute Gasteiger partial charge is 0.419 e. The first-order valence-corrected chi connectivity index (χ1v) is 11.0. The minimum absolute atomic E-state index is 0.0103. The summed E-state index contributed by atoms with van der Waals surface area (Å²) in [6.07, 6.45) is -6.27. The predicted molar refractivity (Wildman–Crippen MR) is 122 cm³/mol. The Bertz CT molecular complexity index is 993. The molecule has 0 aliphatic rings. The number of ether oxygens (including phenoxy) is 2. The van der Waals surface area contributed by atoms with E-state index in [9.17, 15) is 23.1 Å². The summed E-state index contributed by atoms with van der Waals surface area (Å²) in [4.78, 5) is 12.5. The molecular formula is C24H29ClF3NO5. The molecule has 0 radical (unpaired) electrons. The minimum atomic E-state index is -4.60. The maximum atomic E-state index is 13.3. The van der Waals surface area contributed by atoms with Gasteiger partial charge in [0.25, 0.3) is 0 Å². The molecule has 188 valence electrons. The lowest BCUT2D eigenvalue weighted by Gasteiger charge is -2.35. The van der Waals surface area contributed by atoms with Crippen molar-refractivity contribution in [2.24, 2.45) is 0 Å². The second kappa shape index (κ2) is 10.8. The average molecular weight is 504 g/mol. The van der Waals surface area contributed by atoms with Gasteiger partial charge in [0.1, 0.15) is 17.1 Å². The van der Waals surface area contributed by atoms with E-state index < -0.39 is 35.1 Å². The number of carbonyl (C=O) groups excluding carboxylic acids is 1. The highest BCUT2D eigenvalue weighted by molar-refractivity contribution is 6.31. The van der Waals surface area contributed by atoms with Crippen LogP contribution in [0.1, 0.15) is 51.7 Å². The van der Waals surface area contributed by atoms with Gasteiger partial charge in [-0.05, 0) is 63.9 Å². The third-order valence-corrected chi connectivity index (χ3v) is 5.15. The second-order valence-electron chi connectivity index (χ2n) is 9.07. The summed E-state index contributed by atoms with van der Waals surface area (Å²) in [6, 6.07) is 9.04. The molecule has 0 saturated carbocycles. The van der Waals surface area contributed by atoms with Crippen molar-refractivity contribution in [3.8, 4) is 11.5 Å². The molecule has 0 fully saturated rings. The van der Waals surface area contributed by atoms with Gasteiger partial charge in [0.15, 0.2) is 0 Å². The van der Waals surface area contributed by atoms with Gasteiger partial charge in [-0.15, -0.1) is 0 Å². The molecule has 1 amide bonds. The third-order valence-electron chi connectivity index (χ3n) is 4.84. The standard InChI is InChI=1S/C24H29ClF3NO5/c1-22(2,3)34-21(32)29-23(4,14-15(31)11-12-30)17-10-9-16(13-19(17)25)33-20-8-6-5-7-18(20)24(26,27)28/h5-10,13,15,30-31H,11-12,14H2,1-4H3,(H,29,32). The van der Waals surface area contributed by atoms with Crippen LogP contribution in [0.25, 0.3) is 0 Å². The summed E-state index contributed by atoms with van der Waals surface area (Å²) in [5, 5.41) is 22.3. The van der Waals surface area contributed by atoms with Crippen LogP contribution in [0.4, 0.5) is 18.0 Å². The fraction of sp³-hybridized carbons (Fsp3) is 0.458. The number of alkyl halides is 3. The van der Waals surface area contributed by atoms with Crippen molar-refractivity contribution in [3.63, 3.8) is 0 Å². The fourth-order valence-electron chi connectivity index (χ4n) is 3.40. The first-order chi connectivity index (χ1) is 15.6. The highest BCUT2D eigenvalue weighted by Gasteiger charge is 2.36. The summed E-state index contributed by atoms with van der Waals surface area (Å²) in [7, 11) is 0. The van der Waals surface area contributed by atoms with E-state index in [1.165, 1.54) is 36.4 Å². The van der Waals surface area contributed by atoms with Crippen molar-refractivity contribution >= 4 is 17.7 Å². The summed E-state index contributed by atoms with van der Waals surface area (Å²) < 4.78 is 50.6. The van der Waals surface area contributed by atoms with Crippen LogP contribution in [0.2, 0.25) is 5.02 Å². The molecule has 2 atom stereocenters. The van der Waals surface area contributed by atoms with Gasteiger partial charge in [0.2, 0.25) is 0 Å². The lowest BCUT2D eigenvalue weighted by Crippen LogP contribution is -2.47. The summed E-state index contributed by atoms with van der Waals surface area (Å²) in [5.41, 5.74) is -2.55. The van der Waals surface area contributed by atoms with E-state index in [1.54, 1.807) is 27.7 Å². The molecule has 2 unspecified atom stereocenters. The Labute approximate surface area is 201 Å². The van der Waals surface area contributed by atoms with E-state index in [0.717, 1.165) is 6.07 Å². The lowest BCUT2D eigenvalue weighted by molar-refractivity contribution is -0.138. The van der Waals surface area contributed by atoms with Crippen LogP contribution in [0.15, 0.2) is 42.5 Å². The molecule has 0 aliphatic carbocycles. The van der Waals surface area contributed by atoms with E-state index in [2.05, 4.69) is 5.32 Å². The third kappa shape index (κ3) is 7.78. The van der Waals surface area contributed by atoms with Crippen LogP contribution in [0.5, 0.6) is 11.5 Å². The maximum Gasteiger partial charge on any atom is 0.419 e. The van der Waals surface area contributed by atoms with E-state index in [4.69, 9.17) is 26.2 Å². The number of alkyl carbamates (subject to hydrolysis) is 1. The molecule has 0 spiro atoms. The zero-order valence-corrected chi connectivity index (χ0v) is 20.1. The first kappa shape index (κ1) is 27.8. The van der Waals surface area contributed by atoms with Gasteiger partial charge in [0.05, 0.1) is 17.2 Å². The number of aliphatic hydroxyl groups is 2. The van der Waals surface area contributed by atoms with Crippen LogP contribution < -0.4 is 10.1 Å². The van der Waals surface area contributed by atoms with Gasteiger partial charge in [-0.1, -0.05) is 29.8 Å². The molecule has 6 nitrogen and oxygen atoms in total. The number of amides is 1. The number of halogens is 4. The predicted octanol–water partition coefficient (Wildman–Crippen LogP) is 6.02. The summed E-state index contributed by atoms with van der Waals surface area (Å²) in [6.45, 7) is 6.45. The van der Waals surface area contributed by atoms with Crippen molar-refractivity contribution in [1.82, 2.24) is 5.32 Å². The van der Waals surface area contributed by atoms with Crippen LogP contribution >= 0.6 is 11.6 Å². The number of para-hydroxylation sites is 1. The molecular weight excluding hydrogens is 475 g/mol. The number of benzene rings is 2. The van der Waals surface area contributed by atoms with Gasteiger partial charge in [-0.2, -0.15) is 13.2 Å². The Morgan fingerprint density at radius 3 is 2.29 bits per heavy atom. The quantitative estimate of drug-likeness (QED) is 0.409. The molecule has 0 bridgehead atoms. The topological polar surface area (TPSA) is 88.0 Å². The molecule has 0 saturated heterocycles. The van der Waals surface area contributed by atoms with E-state index in [-0.39, 0.29) is 36.0 Å². The second-order valence-corrected chi connectivity index (χ2v) is 9.47. The van der Waals surface area contributed by atoms with E-state index in [1.807, 2.05) is 0 Å². The van der Waals surface area contributed by atoms with Crippen LogP contribution in [-0.2, 0) is 16.5 Å². The van der Waals surface area contributed by atoms with Crippen molar-refractivity contribution in [1.29, 1.82) is 0 Å². The Hall–Kier alpha value is -2.49. The molecule has 0 aliphatic heterocycles. The molecule has 34 heavy (non-hydrogen) atoms. The number of hydrogen-bond acceptors (Lipinski definition) is 5. The Morgan fingerprint density at radius 2 is 1.74 bits per heavy atom. The minimum Gasteiger partial charge on any atom is -0.457 e. The number of aliphatic hydroxyl groups excluding tert-OH is 2. The Balaban J connectivity index is 2.38. The molecule has 0 aromatic heterocycles. The summed E-state index contributed by atoms with van der Waals surface area (Å²) in [5.74, 6) is -0.326. The summed E-state index contributed by atoms with van der Waals surface area (Å²) >= 11 is 6.46. The van der Waals surface area contributed by atoms with Gasteiger partial charge in [0, 0.05) is 18.1 Å². The number of rotatable bonds is 8. The maximum absolute atomic E-state index is 13.3. The monoisotopic (exact) mass is 503 g/mol. The van der Waals surface area contributed by atoms with Crippen molar-refractivity contribution in [2.45, 2.75) is 64.0 Å². The number of carbonyl (C=O) groups is 1. The largest absolute Gasteiger partial charge is 0.457 e. The molecule has 10 heteroatoms. The molecule has 2 rings (SSSR count). The number of hydrogen-bond donors (Lipinski definition) is 3.